The van der Waals surface area contributed by atoms with E-state index in [2.05, 4.69) is 25.6 Å². The lowest BCUT2D eigenvalue weighted by Gasteiger charge is -2.13. The second-order valence-electron chi connectivity index (χ2n) is 4.07. The molecule has 0 spiro atoms. The van der Waals surface area contributed by atoms with E-state index in [0.717, 1.165) is 10.9 Å². The minimum atomic E-state index is 0.407. The van der Waals surface area contributed by atoms with E-state index in [9.17, 15) is 0 Å². The minimum Gasteiger partial charge on any atom is -0.102 e. The van der Waals surface area contributed by atoms with Crippen LogP contribution >= 0.6 is 11.6 Å². The van der Waals surface area contributed by atoms with Crippen LogP contribution in [0.3, 0.4) is 0 Å². The zero-order valence-corrected chi connectivity index (χ0v) is 9.22. The van der Waals surface area contributed by atoms with Gasteiger partial charge in [0.1, 0.15) is 0 Å². The van der Waals surface area contributed by atoms with E-state index in [1.807, 2.05) is 12.1 Å². The molecule has 1 aliphatic carbocycles. The first kappa shape index (κ1) is 9.79. The number of rotatable bonds is 3. The quantitative estimate of drug-likeness (QED) is 0.639. The Labute approximate surface area is 90.6 Å². The molecule has 14 heavy (non-hydrogen) atoms. The van der Waals surface area contributed by atoms with Gasteiger partial charge < -0.3 is 0 Å². The zero-order valence-electron chi connectivity index (χ0n) is 8.46. The fourth-order valence-corrected chi connectivity index (χ4v) is 2.01. The van der Waals surface area contributed by atoms with Gasteiger partial charge in [-0.15, -0.1) is 6.58 Å². The Balaban J connectivity index is 2.42. The van der Waals surface area contributed by atoms with Crippen LogP contribution in [0.25, 0.3) is 0 Å². The van der Waals surface area contributed by atoms with Crippen molar-refractivity contribution >= 4 is 11.6 Å². The molecule has 0 aromatic heterocycles. The number of halogens is 1. The summed E-state index contributed by atoms with van der Waals surface area (Å²) in [5, 5.41) is 0.832. The fraction of sp³-hybridized carbons (Fsp3) is 0.385. The van der Waals surface area contributed by atoms with Crippen LogP contribution in [0.4, 0.5) is 0 Å². The molecule has 0 N–H and O–H groups in total. The molecule has 1 aliphatic rings. The van der Waals surface area contributed by atoms with E-state index in [0.29, 0.717) is 5.92 Å². The molecule has 0 nitrogen and oxygen atoms in total. The summed E-state index contributed by atoms with van der Waals surface area (Å²) in [6.07, 6.45) is 4.65. The van der Waals surface area contributed by atoms with Crippen molar-refractivity contribution in [2.24, 2.45) is 0 Å². The SMILES string of the molecule is C=CC(C)c1cc(Cl)ccc1C1CC1. The molecule has 0 radical (unpaired) electrons. The van der Waals surface area contributed by atoms with Gasteiger partial charge >= 0.3 is 0 Å². The van der Waals surface area contributed by atoms with E-state index < -0.39 is 0 Å². The topological polar surface area (TPSA) is 0 Å². The standard InChI is InChI=1S/C13H15Cl/c1-3-9(2)13-8-11(14)6-7-12(13)10-4-5-10/h3,6-10H,1,4-5H2,2H3. The molecule has 1 unspecified atom stereocenters. The highest BCUT2D eigenvalue weighted by Gasteiger charge is 2.26. The normalized spacial score (nSPS) is 17.9. The lowest BCUT2D eigenvalue weighted by Crippen LogP contribution is -1.95. The molecule has 0 aliphatic heterocycles. The summed E-state index contributed by atoms with van der Waals surface area (Å²) < 4.78 is 0. The number of hydrogen-bond acceptors (Lipinski definition) is 0. The first-order chi connectivity index (χ1) is 6.72. The van der Waals surface area contributed by atoms with Crippen molar-refractivity contribution in [3.05, 3.63) is 47.0 Å². The largest absolute Gasteiger partial charge is 0.102 e. The summed E-state index contributed by atoms with van der Waals surface area (Å²) >= 11 is 6.01. The van der Waals surface area contributed by atoms with E-state index in [1.165, 1.54) is 24.0 Å². The Morgan fingerprint density at radius 1 is 1.50 bits per heavy atom. The molecule has 74 valence electrons. The summed E-state index contributed by atoms with van der Waals surface area (Å²) in [7, 11) is 0. The van der Waals surface area contributed by atoms with Crippen LogP contribution in [0.5, 0.6) is 0 Å². The number of allylic oxidation sites excluding steroid dienone is 1. The zero-order chi connectivity index (χ0) is 10.1. The average molecular weight is 207 g/mol. The van der Waals surface area contributed by atoms with Crippen molar-refractivity contribution in [2.75, 3.05) is 0 Å². The summed E-state index contributed by atoms with van der Waals surface area (Å²) in [5.41, 5.74) is 2.83. The van der Waals surface area contributed by atoms with E-state index in [1.54, 1.807) is 0 Å². The summed E-state index contributed by atoms with van der Waals surface area (Å²) in [6.45, 7) is 6.02. The third kappa shape index (κ3) is 1.85. The molecule has 1 saturated carbocycles. The second kappa shape index (κ2) is 3.78. The van der Waals surface area contributed by atoms with Crippen LogP contribution in [0.2, 0.25) is 5.02 Å². The molecule has 0 amide bonds. The highest BCUT2D eigenvalue weighted by molar-refractivity contribution is 6.30. The van der Waals surface area contributed by atoms with Crippen molar-refractivity contribution in [3.63, 3.8) is 0 Å². The summed E-state index contributed by atoms with van der Waals surface area (Å²) in [4.78, 5) is 0. The number of hydrogen-bond donors (Lipinski definition) is 0. The molecular weight excluding hydrogens is 192 g/mol. The third-order valence-electron chi connectivity index (χ3n) is 2.91. The summed E-state index contributed by atoms with van der Waals surface area (Å²) in [6, 6.07) is 6.26. The van der Waals surface area contributed by atoms with Crippen LogP contribution in [0, 0.1) is 0 Å². The highest BCUT2D eigenvalue weighted by Crippen LogP contribution is 2.44. The van der Waals surface area contributed by atoms with Crippen LogP contribution in [-0.2, 0) is 0 Å². The molecule has 0 bridgehead atoms. The first-order valence-corrected chi connectivity index (χ1v) is 5.52. The third-order valence-corrected chi connectivity index (χ3v) is 3.15. The van der Waals surface area contributed by atoms with Gasteiger partial charge in [0.25, 0.3) is 0 Å². The van der Waals surface area contributed by atoms with E-state index in [-0.39, 0.29) is 0 Å². The van der Waals surface area contributed by atoms with Crippen molar-refractivity contribution in [3.8, 4) is 0 Å². The highest BCUT2D eigenvalue weighted by atomic mass is 35.5. The first-order valence-electron chi connectivity index (χ1n) is 5.14. The molecule has 2 rings (SSSR count). The summed E-state index contributed by atoms with van der Waals surface area (Å²) in [5.74, 6) is 1.19. The van der Waals surface area contributed by atoms with Gasteiger partial charge in [0.15, 0.2) is 0 Å². The maximum Gasteiger partial charge on any atom is 0.0409 e. The predicted octanol–water partition coefficient (Wildman–Crippen LogP) is 4.51. The van der Waals surface area contributed by atoms with E-state index in [4.69, 9.17) is 11.6 Å². The van der Waals surface area contributed by atoms with Gasteiger partial charge in [0, 0.05) is 5.02 Å². The molecule has 1 fully saturated rings. The fourth-order valence-electron chi connectivity index (χ4n) is 1.83. The maximum atomic E-state index is 6.01. The van der Waals surface area contributed by atoms with Crippen molar-refractivity contribution in [1.29, 1.82) is 0 Å². The van der Waals surface area contributed by atoms with Gasteiger partial charge in [-0.05, 0) is 47.9 Å². The molecule has 0 saturated heterocycles. The van der Waals surface area contributed by atoms with Gasteiger partial charge in [0.2, 0.25) is 0 Å². The maximum absolute atomic E-state index is 6.01. The molecular formula is C13H15Cl. The number of benzene rings is 1. The van der Waals surface area contributed by atoms with Gasteiger partial charge in [-0.2, -0.15) is 0 Å². The Hall–Kier alpha value is -0.750. The molecule has 1 heteroatoms. The van der Waals surface area contributed by atoms with Gasteiger partial charge in [-0.3, -0.25) is 0 Å². The van der Waals surface area contributed by atoms with Gasteiger partial charge in [-0.25, -0.2) is 0 Å². The second-order valence-corrected chi connectivity index (χ2v) is 4.51. The Kier molecular flexibility index (Phi) is 2.64. The van der Waals surface area contributed by atoms with Crippen LogP contribution in [0.1, 0.15) is 42.7 Å². The monoisotopic (exact) mass is 206 g/mol. The van der Waals surface area contributed by atoms with Gasteiger partial charge in [0.05, 0.1) is 0 Å². The molecule has 1 aromatic carbocycles. The van der Waals surface area contributed by atoms with Crippen LogP contribution in [-0.4, -0.2) is 0 Å². The lowest BCUT2D eigenvalue weighted by molar-refractivity contribution is 0.927. The van der Waals surface area contributed by atoms with Crippen LogP contribution in [0.15, 0.2) is 30.9 Å². The van der Waals surface area contributed by atoms with E-state index >= 15 is 0 Å². The smallest absolute Gasteiger partial charge is 0.0409 e. The molecule has 0 heterocycles. The Morgan fingerprint density at radius 2 is 2.21 bits per heavy atom. The molecule has 1 atom stereocenters. The van der Waals surface area contributed by atoms with Gasteiger partial charge in [-0.1, -0.05) is 30.7 Å². The van der Waals surface area contributed by atoms with Crippen molar-refractivity contribution in [1.82, 2.24) is 0 Å². The Morgan fingerprint density at radius 3 is 2.79 bits per heavy atom. The van der Waals surface area contributed by atoms with Crippen LogP contribution < -0.4 is 0 Å². The lowest BCUT2D eigenvalue weighted by atomic mass is 9.93. The van der Waals surface area contributed by atoms with Crippen molar-refractivity contribution < 1.29 is 0 Å². The average Bonchev–Trinajstić information content (AvgIpc) is 3.00. The molecule has 1 aromatic rings. The minimum absolute atomic E-state index is 0.407. The van der Waals surface area contributed by atoms with Crippen molar-refractivity contribution in [2.45, 2.75) is 31.6 Å². The Bertz CT molecular complexity index is 350. The predicted molar refractivity (Wildman–Crippen MR) is 62.0 cm³/mol.